The van der Waals surface area contributed by atoms with E-state index in [0.717, 1.165) is 10.1 Å². The van der Waals surface area contributed by atoms with Crippen LogP contribution in [0.5, 0.6) is 5.75 Å². The van der Waals surface area contributed by atoms with Gasteiger partial charge in [-0.25, -0.2) is 18.6 Å². The minimum atomic E-state index is -3.73. The maximum absolute atomic E-state index is 12.6. The summed E-state index contributed by atoms with van der Waals surface area (Å²) in [5.41, 5.74) is 3.69. The third kappa shape index (κ3) is 6.20. The quantitative estimate of drug-likeness (QED) is 0.0949. The summed E-state index contributed by atoms with van der Waals surface area (Å²) in [7, 11) is -3.73. The second kappa shape index (κ2) is 11.7. The molecule has 0 saturated heterocycles. The molecule has 2 N–H and O–H groups in total. The monoisotopic (exact) mass is 589 g/mol. The van der Waals surface area contributed by atoms with Crippen LogP contribution in [-0.2, 0) is 10.0 Å². The van der Waals surface area contributed by atoms with Crippen molar-refractivity contribution in [1.82, 2.24) is 5.43 Å². The van der Waals surface area contributed by atoms with Crippen molar-refractivity contribution in [2.45, 2.75) is 4.90 Å². The standard InChI is InChI=1S/C29H20ClN3O5S2/c30-26-24-8-4-5-9-25(24)39-27(26)29(35)38-22-16-10-19(11-17-22)18-31-32-28(34)20-12-14-21(15-13-20)33-40(36,37)23-6-2-1-3-7-23/h1-18,33H,(H,32,34)/b31-18-. The third-order valence-corrected chi connectivity index (χ3v) is 8.70. The highest BCUT2D eigenvalue weighted by Crippen LogP contribution is 2.35. The SMILES string of the molecule is O=C(N/N=C\c1ccc(OC(=O)c2sc3ccccc3c2Cl)cc1)c1ccc(NS(=O)(=O)c2ccccc2)cc1. The predicted molar refractivity (Wildman–Crippen MR) is 157 cm³/mol. The van der Waals surface area contributed by atoms with Gasteiger partial charge in [-0.3, -0.25) is 9.52 Å². The number of carbonyl (C=O) groups is 2. The molecule has 0 atom stereocenters. The second-order valence-electron chi connectivity index (χ2n) is 8.39. The summed E-state index contributed by atoms with van der Waals surface area (Å²) in [4.78, 5) is 25.5. The number of amides is 1. The lowest BCUT2D eigenvalue weighted by Gasteiger charge is -2.08. The van der Waals surface area contributed by atoms with E-state index >= 15 is 0 Å². The molecule has 1 heterocycles. The molecule has 0 aliphatic heterocycles. The highest BCUT2D eigenvalue weighted by Gasteiger charge is 2.19. The molecular weight excluding hydrogens is 570 g/mol. The summed E-state index contributed by atoms with van der Waals surface area (Å²) in [5.74, 6) is -0.680. The zero-order valence-corrected chi connectivity index (χ0v) is 23.0. The first kappa shape index (κ1) is 27.1. The molecule has 200 valence electrons. The number of hydrogen-bond acceptors (Lipinski definition) is 7. The van der Waals surface area contributed by atoms with Crippen LogP contribution in [0.25, 0.3) is 10.1 Å². The molecule has 0 spiro atoms. The summed E-state index contributed by atoms with van der Waals surface area (Å²) in [6, 6.07) is 28.0. The molecule has 0 radical (unpaired) electrons. The molecule has 1 aromatic heterocycles. The highest BCUT2D eigenvalue weighted by molar-refractivity contribution is 7.92. The van der Waals surface area contributed by atoms with Crippen LogP contribution >= 0.6 is 22.9 Å². The van der Waals surface area contributed by atoms with E-state index in [1.807, 2.05) is 24.3 Å². The topological polar surface area (TPSA) is 114 Å². The van der Waals surface area contributed by atoms with Crippen LogP contribution in [0.15, 0.2) is 113 Å². The number of halogens is 1. The molecule has 11 heteroatoms. The molecule has 1 amide bonds. The number of anilines is 1. The summed E-state index contributed by atoms with van der Waals surface area (Å²) >= 11 is 7.63. The number of ether oxygens (including phenoxy) is 1. The number of nitrogens with one attached hydrogen (secondary N) is 2. The van der Waals surface area contributed by atoms with Gasteiger partial charge >= 0.3 is 5.97 Å². The van der Waals surface area contributed by atoms with Gasteiger partial charge in [0.2, 0.25) is 0 Å². The van der Waals surface area contributed by atoms with E-state index in [-0.39, 0.29) is 4.90 Å². The van der Waals surface area contributed by atoms with Gasteiger partial charge in [-0.15, -0.1) is 11.3 Å². The van der Waals surface area contributed by atoms with Crippen molar-refractivity contribution in [3.63, 3.8) is 0 Å². The number of rotatable bonds is 8. The molecule has 0 bridgehead atoms. The number of hydrazone groups is 1. The number of hydrogen-bond donors (Lipinski definition) is 2. The van der Waals surface area contributed by atoms with E-state index in [0.29, 0.717) is 32.5 Å². The molecule has 0 aliphatic rings. The average Bonchev–Trinajstić information content (AvgIpc) is 3.31. The fourth-order valence-electron chi connectivity index (χ4n) is 3.65. The first-order valence-electron chi connectivity index (χ1n) is 11.8. The van der Waals surface area contributed by atoms with Crippen LogP contribution in [0.4, 0.5) is 5.69 Å². The molecule has 8 nitrogen and oxygen atoms in total. The minimum absolute atomic E-state index is 0.137. The van der Waals surface area contributed by atoms with Crippen LogP contribution in [0.1, 0.15) is 25.6 Å². The van der Waals surface area contributed by atoms with Crippen molar-refractivity contribution in [2.75, 3.05) is 4.72 Å². The van der Waals surface area contributed by atoms with Crippen LogP contribution < -0.4 is 14.9 Å². The lowest BCUT2D eigenvalue weighted by atomic mass is 10.2. The molecule has 5 aromatic rings. The Hall–Kier alpha value is -4.51. The Kier molecular flexibility index (Phi) is 7.92. The van der Waals surface area contributed by atoms with Gasteiger partial charge in [-0.05, 0) is 72.3 Å². The highest BCUT2D eigenvalue weighted by atomic mass is 35.5. The Morgan fingerprint density at radius 2 is 1.52 bits per heavy atom. The van der Waals surface area contributed by atoms with E-state index in [2.05, 4.69) is 15.2 Å². The zero-order chi connectivity index (χ0) is 28.1. The molecule has 4 aromatic carbocycles. The number of nitrogens with zero attached hydrogens (tertiary/aromatic N) is 1. The van der Waals surface area contributed by atoms with Crippen molar-refractivity contribution in [2.24, 2.45) is 5.10 Å². The predicted octanol–water partition coefficient (Wildman–Crippen LogP) is 6.34. The van der Waals surface area contributed by atoms with Gasteiger partial charge in [0.1, 0.15) is 10.6 Å². The van der Waals surface area contributed by atoms with Gasteiger partial charge in [-0.1, -0.05) is 48.0 Å². The molecule has 0 aliphatic carbocycles. The van der Waals surface area contributed by atoms with E-state index in [1.54, 1.807) is 42.5 Å². The molecule has 0 unspecified atom stereocenters. The van der Waals surface area contributed by atoms with Gasteiger partial charge in [0.05, 0.1) is 16.1 Å². The smallest absolute Gasteiger partial charge is 0.355 e. The number of carbonyl (C=O) groups excluding carboxylic acids is 2. The van der Waals surface area contributed by atoms with Crippen molar-refractivity contribution >= 4 is 66.8 Å². The molecular formula is C29H20ClN3O5S2. The van der Waals surface area contributed by atoms with Crippen LogP contribution in [0.3, 0.4) is 0 Å². The molecule has 40 heavy (non-hydrogen) atoms. The maximum atomic E-state index is 12.6. The summed E-state index contributed by atoms with van der Waals surface area (Å²) in [6.07, 6.45) is 1.44. The number of sulfonamides is 1. The Bertz CT molecular complexity index is 1820. The van der Waals surface area contributed by atoms with E-state index < -0.39 is 21.9 Å². The normalized spacial score (nSPS) is 11.4. The first-order valence-corrected chi connectivity index (χ1v) is 14.5. The van der Waals surface area contributed by atoms with Gasteiger partial charge in [0.15, 0.2) is 0 Å². The maximum Gasteiger partial charge on any atom is 0.355 e. The first-order chi connectivity index (χ1) is 19.3. The molecule has 0 saturated carbocycles. The number of esters is 1. The van der Waals surface area contributed by atoms with Crippen LogP contribution in [0, 0.1) is 0 Å². The lowest BCUT2D eigenvalue weighted by molar-refractivity contribution is 0.0739. The van der Waals surface area contributed by atoms with Crippen molar-refractivity contribution in [3.05, 3.63) is 124 Å². The fourth-order valence-corrected chi connectivity index (χ4v) is 6.12. The zero-order valence-electron chi connectivity index (χ0n) is 20.6. The van der Waals surface area contributed by atoms with E-state index in [9.17, 15) is 18.0 Å². The van der Waals surface area contributed by atoms with E-state index in [4.69, 9.17) is 16.3 Å². The Morgan fingerprint density at radius 1 is 0.850 bits per heavy atom. The number of thiophene rings is 1. The summed E-state index contributed by atoms with van der Waals surface area (Å²) < 4.78 is 33.7. The van der Waals surface area contributed by atoms with Gasteiger partial charge in [-0.2, -0.15) is 5.10 Å². The second-order valence-corrected chi connectivity index (χ2v) is 11.5. The van der Waals surface area contributed by atoms with Gasteiger partial charge in [0, 0.05) is 21.3 Å². The summed E-state index contributed by atoms with van der Waals surface area (Å²) in [5, 5.41) is 5.13. The van der Waals surface area contributed by atoms with E-state index in [1.165, 1.54) is 53.9 Å². The van der Waals surface area contributed by atoms with Crippen molar-refractivity contribution in [1.29, 1.82) is 0 Å². The Labute approximate surface area is 238 Å². The van der Waals surface area contributed by atoms with Crippen LogP contribution in [0.2, 0.25) is 5.02 Å². The summed E-state index contributed by atoms with van der Waals surface area (Å²) in [6.45, 7) is 0. The minimum Gasteiger partial charge on any atom is -0.422 e. The largest absolute Gasteiger partial charge is 0.422 e. The molecule has 0 fully saturated rings. The van der Waals surface area contributed by atoms with Crippen molar-refractivity contribution < 1.29 is 22.7 Å². The molecule has 5 rings (SSSR count). The number of fused-ring (bicyclic) bond motifs is 1. The number of benzene rings is 4. The average molecular weight is 590 g/mol. The Morgan fingerprint density at radius 3 is 2.23 bits per heavy atom. The van der Waals surface area contributed by atoms with Gasteiger partial charge < -0.3 is 4.74 Å². The van der Waals surface area contributed by atoms with Crippen molar-refractivity contribution in [3.8, 4) is 5.75 Å². The fraction of sp³-hybridized carbons (Fsp3) is 0. The van der Waals surface area contributed by atoms with Crippen LogP contribution in [-0.4, -0.2) is 26.5 Å². The Balaban J connectivity index is 1.15. The lowest BCUT2D eigenvalue weighted by Crippen LogP contribution is -2.18. The third-order valence-electron chi connectivity index (χ3n) is 5.64. The van der Waals surface area contributed by atoms with Gasteiger partial charge in [0.25, 0.3) is 15.9 Å².